The van der Waals surface area contributed by atoms with Crippen molar-refractivity contribution in [2.24, 2.45) is 0 Å². The minimum atomic E-state index is -1.42. The molecule has 1 fully saturated rings. The van der Waals surface area contributed by atoms with Crippen molar-refractivity contribution in [3.8, 4) is 22.8 Å². The number of nitrogen functional groups attached to an aromatic ring is 1. The first-order valence-corrected chi connectivity index (χ1v) is 13.8. The number of aromatic nitrogens is 3. The molecular weight excluding hydrogens is 522 g/mol. The van der Waals surface area contributed by atoms with Crippen LogP contribution >= 0.6 is 0 Å². The lowest BCUT2D eigenvalue weighted by Crippen LogP contribution is -2.36. The number of ether oxygens (including phenoxy) is 2. The number of nitrogens with two attached hydrogens (primary N) is 1. The lowest BCUT2D eigenvalue weighted by Gasteiger charge is -2.26. The van der Waals surface area contributed by atoms with Crippen LogP contribution in [0, 0.1) is 0 Å². The molecule has 1 amide bonds. The number of carboxylic acid groups (broad SMARTS) is 1. The van der Waals surface area contributed by atoms with Gasteiger partial charge in [-0.3, -0.25) is 9.89 Å². The number of benzene rings is 3. The van der Waals surface area contributed by atoms with Gasteiger partial charge in [0.15, 0.2) is 5.69 Å². The van der Waals surface area contributed by atoms with Crippen LogP contribution < -0.4 is 15.2 Å². The zero-order chi connectivity index (χ0) is 28.3. The standard InChI is InChI=1S/C31H31N5O5/c32-28-25(27(34-35-28)30(37)36-16-4-1-5-17-36)23-13-7-12-21-22(29(33-26(21)23)41-31(38)39)14-8-18-40-24-15-6-10-19-9-2-3-11-20(19)24/h2-3,6-7,9-13,15,33H,1,4-5,8,14,16-18H2,(H,38,39)(H3,32,34,35). The van der Waals surface area contributed by atoms with Gasteiger partial charge in [0, 0.05) is 35.0 Å². The van der Waals surface area contributed by atoms with Gasteiger partial charge in [-0.2, -0.15) is 5.10 Å². The van der Waals surface area contributed by atoms with E-state index in [-0.39, 0.29) is 23.3 Å². The van der Waals surface area contributed by atoms with Gasteiger partial charge in [0.2, 0.25) is 5.88 Å². The molecule has 0 bridgehead atoms. The van der Waals surface area contributed by atoms with Crippen molar-refractivity contribution in [1.29, 1.82) is 0 Å². The summed E-state index contributed by atoms with van der Waals surface area (Å²) in [6, 6.07) is 19.6. The number of hydrogen-bond acceptors (Lipinski definition) is 6. The van der Waals surface area contributed by atoms with Crippen LogP contribution in [0.25, 0.3) is 32.8 Å². The van der Waals surface area contributed by atoms with Gasteiger partial charge >= 0.3 is 6.16 Å². The Morgan fingerprint density at radius 3 is 2.56 bits per heavy atom. The van der Waals surface area contributed by atoms with Gasteiger partial charge < -0.3 is 30.2 Å². The molecule has 1 aliphatic heterocycles. The van der Waals surface area contributed by atoms with Gasteiger partial charge in [0.25, 0.3) is 5.91 Å². The smallest absolute Gasteiger partial charge is 0.493 e. The van der Waals surface area contributed by atoms with E-state index in [1.165, 1.54) is 0 Å². The Bertz CT molecular complexity index is 1730. The predicted octanol–water partition coefficient (Wildman–Crippen LogP) is 5.99. The molecule has 3 heterocycles. The zero-order valence-electron chi connectivity index (χ0n) is 22.5. The van der Waals surface area contributed by atoms with E-state index in [2.05, 4.69) is 15.2 Å². The average Bonchev–Trinajstić information content (AvgIpc) is 3.54. The molecule has 0 aliphatic carbocycles. The molecule has 0 radical (unpaired) electrons. The Hall–Kier alpha value is -4.99. The van der Waals surface area contributed by atoms with Crippen LogP contribution in [0.2, 0.25) is 0 Å². The number of hydrogen-bond donors (Lipinski definition) is 4. The fourth-order valence-electron chi connectivity index (χ4n) is 5.66. The number of para-hydroxylation sites is 1. The first kappa shape index (κ1) is 26.2. The summed E-state index contributed by atoms with van der Waals surface area (Å²) in [4.78, 5) is 29.9. The van der Waals surface area contributed by atoms with Crippen molar-refractivity contribution in [2.75, 3.05) is 25.4 Å². The molecular formula is C31H31N5O5. The highest BCUT2D eigenvalue weighted by atomic mass is 16.7. The molecule has 0 unspecified atom stereocenters. The number of nitrogens with zero attached hydrogens (tertiary/aromatic N) is 2. The molecule has 2 aromatic heterocycles. The Balaban J connectivity index is 1.30. The van der Waals surface area contributed by atoms with Crippen LogP contribution in [-0.4, -0.2) is 56.9 Å². The third-order valence-corrected chi connectivity index (χ3v) is 7.58. The number of carbonyl (C=O) groups excluding carboxylic acids is 1. The number of anilines is 1. The van der Waals surface area contributed by atoms with Gasteiger partial charge in [-0.1, -0.05) is 54.6 Å². The molecule has 6 rings (SSSR count). The second-order valence-corrected chi connectivity index (χ2v) is 10.2. The van der Waals surface area contributed by atoms with Crippen molar-refractivity contribution in [3.63, 3.8) is 0 Å². The number of fused-ring (bicyclic) bond motifs is 2. The molecule has 3 aromatic carbocycles. The molecule has 5 N–H and O–H groups in total. The van der Waals surface area contributed by atoms with Gasteiger partial charge in [-0.25, -0.2) is 4.79 Å². The number of rotatable bonds is 8. The normalized spacial score (nSPS) is 13.5. The molecule has 0 atom stereocenters. The summed E-state index contributed by atoms with van der Waals surface area (Å²) in [6.45, 7) is 1.79. The highest BCUT2D eigenvalue weighted by Crippen LogP contribution is 2.39. The summed E-state index contributed by atoms with van der Waals surface area (Å²) in [5, 5.41) is 19.4. The molecule has 5 aromatic rings. The molecule has 41 heavy (non-hydrogen) atoms. The van der Waals surface area contributed by atoms with Crippen LogP contribution in [0.15, 0.2) is 60.7 Å². The van der Waals surface area contributed by atoms with Crippen LogP contribution in [0.3, 0.4) is 0 Å². The number of nitrogens with one attached hydrogen (secondary N) is 2. The highest BCUT2D eigenvalue weighted by Gasteiger charge is 2.28. The predicted molar refractivity (Wildman–Crippen MR) is 156 cm³/mol. The molecule has 0 spiro atoms. The summed E-state index contributed by atoms with van der Waals surface area (Å²) >= 11 is 0. The first-order valence-electron chi connectivity index (χ1n) is 13.8. The van der Waals surface area contributed by atoms with E-state index in [9.17, 15) is 14.7 Å². The number of aromatic amines is 2. The largest absolute Gasteiger partial charge is 0.512 e. The molecule has 0 saturated carbocycles. The third-order valence-electron chi connectivity index (χ3n) is 7.58. The topological polar surface area (TPSA) is 147 Å². The van der Waals surface area contributed by atoms with Crippen molar-refractivity contribution in [1.82, 2.24) is 20.1 Å². The lowest BCUT2D eigenvalue weighted by atomic mass is 9.99. The Morgan fingerprint density at radius 1 is 0.976 bits per heavy atom. The van der Waals surface area contributed by atoms with E-state index in [1.54, 1.807) is 4.90 Å². The maximum atomic E-state index is 13.4. The quantitative estimate of drug-likeness (QED) is 0.136. The molecule has 10 nitrogen and oxygen atoms in total. The Labute approximate surface area is 236 Å². The molecule has 10 heteroatoms. The average molecular weight is 554 g/mol. The Kier molecular flexibility index (Phi) is 7.20. The summed E-state index contributed by atoms with van der Waals surface area (Å²) in [6.07, 6.45) is 2.70. The highest BCUT2D eigenvalue weighted by molar-refractivity contribution is 6.07. The summed E-state index contributed by atoms with van der Waals surface area (Å²) in [7, 11) is 0. The van der Waals surface area contributed by atoms with Crippen LogP contribution in [0.4, 0.5) is 10.6 Å². The number of piperidine rings is 1. The van der Waals surface area contributed by atoms with Crippen LogP contribution in [0.1, 0.15) is 41.7 Å². The monoisotopic (exact) mass is 553 g/mol. The molecule has 1 aliphatic rings. The molecule has 210 valence electrons. The summed E-state index contributed by atoms with van der Waals surface area (Å²) in [5.74, 6) is 1.02. The first-order chi connectivity index (χ1) is 20.0. The van der Waals surface area contributed by atoms with Crippen molar-refractivity contribution in [3.05, 3.63) is 71.9 Å². The number of carbonyl (C=O) groups is 2. The van der Waals surface area contributed by atoms with Gasteiger partial charge in [-0.05, 0) is 43.6 Å². The van der Waals surface area contributed by atoms with Gasteiger partial charge in [-0.15, -0.1) is 0 Å². The summed E-state index contributed by atoms with van der Waals surface area (Å²) in [5.41, 5.74) is 9.01. The lowest BCUT2D eigenvalue weighted by molar-refractivity contribution is 0.0719. The van der Waals surface area contributed by atoms with E-state index >= 15 is 0 Å². The fourth-order valence-corrected chi connectivity index (χ4v) is 5.66. The molecule has 1 saturated heterocycles. The minimum absolute atomic E-state index is 0.135. The van der Waals surface area contributed by atoms with Crippen LogP contribution in [0.5, 0.6) is 11.6 Å². The van der Waals surface area contributed by atoms with E-state index in [1.807, 2.05) is 60.7 Å². The number of likely N-dealkylation sites (tertiary alicyclic amines) is 1. The maximum absolute atomic E-state index is 13.4. The minimum Gasteiger partial charge on any atom is -0.493 e. The second kappa shape index (κ2) is 11.2. The maximum Gasteiger partial charge on any atom is 0.512 e. The number of amides is 1. The Morgan fingerprint density at radius 2 is 1.73 bits per heavy atom. The van der Waals surface area contributed by atoms with E-state index in [0.29, 0.717) is 54.7 Å². The van der Waals surface area contributed by atoms with Crippen molar-refractivity contribution in [2.45, 2.75) is 32.1 Å². The van der Waals surface area contributed by atoms with E-state index < -0.39 is 6.16 Å². The SMILES string of the molecule is Nc1[nH]nc(C(=O)N2CCCCC2)c1-c1cccc2c(CCCOc3cccc4ccccc34)c(OC(=O)O)[nH]c12. The van der Waals surface area contributed by atoms with E-state index in [0.717, 1.165) is 41.2 Å². The fraction of sp³-hybridized carbons (Fsp3) is 0.258. The second-order valence-electron chi connectivity index (χ2n) is 10.2. The van der Waals surface area contributed by atoms with Crippen molar-refractivity contribution < 1.29 is 24.2 Å². The van der Waals surface area contributed by atoms with Crippen molar-refractivity contribution >= 4 is 39.6 Å². The van der Waals surface area contributed by atoms with E-state index in [4.69, 9.17) is 15.2 Å². The van der Waals surface area contributed by atoms with Gasteiger partial charge in [0.05, 0.1) is 17.7 Å². The number of aryl methyl sites for hydroxylation is 1. The van der Waals surface area contributed by atoms with Gasteiger partial charge in [0.1, 0.15) is 11.6 Å². The zero-order valence-corrected chi connectivity index (χ0v) is 22.5. The summed E-state index contributed by atoms with van der Waals surface area (Å²) < 4.78 is 11.3. The van der Waals surface area contributed by atoms with Crippen LogP contribution in [-0.2, 0) is 6.42 Å². The third kappa shape index (κ3) is 5.16. The number of H-pyrrole nitrogens is 2.